The molecule has 1 aromatic heterocycles. The van der Waals surface area contributed by atoms with Gasteiger partial charge in [-0.3, -0.25) is 0 Å². The van der Waals surface area contributed by atoms with Crippen LogP contribution in [0.4, 0.5) is 0 Å². The number of halogens is 1. The maximum atomic E-state index is 9.57. The average molecular weight is 383 g/mol. The number of nitrogens with zero attached hydrogens (tertiary/aromatic N) is 2. The molecule has 0 spiro atoms. The summed E-state index contributed by atoms with van der Waals surface area (Å²) in [5.74, 6) is 1.21. The number of hydrogen-bond donors (Lipinski definition) is 0. The van der Waals surface area contributed by atoms with Crippen LogP contribution in [0.2, 0.25) is 5.02 Å². The van der Waals surface area contributed by atoms with E-state index in [9.17, 15) is 5.26 Å². The van der Waals surface area contributed by atoms with Gasteiger partial charge in [0.25, 0.3) is 0 Å². The number of nitriles is 1. The topological polar surface area (TPSA) is 55.1 Å². The number of methoxy groups -OCH3 is 1. The Morgan fingerprint density at radius 3 is 2.88 bits per heavy atom. The molecule has 0 unspecified atom stereocenters. The van der Waals surface area contributed by atoms with Crippen molar-refractivity contribution < 1.29 is 9.47 Å². The standard InChI is InChI=1S/C20H15ClN2O2S/c1-3-8-25-17-6-4-13(10-18(17)24-2)9-14(12-22)20-23-16-11-15(21)5-7-19(16)26-20/h3-7,9-11H,1,8H2,2H3/b14-9+. The van der Waals surface area contributed by atoms with Crippen molar-refractivity contribution in [1.29, 1.82) is 5.26 Å². The molecule has 3 rings (SSSR count). The zero-order valence-corrected chi connectivity index (χ0v) is 15.6. The third-order valence-corrected chi connectivity index (χ3v) is 4.86. The predicted molar refractivity (Wildman–Crippen MR) is 107 cm³/mol. The molecule has 0 atom stereocenters. The highest BCUT2D eigenvalue weighted by molar-refractivity contribution is 7.19. The highest BCUT2D eigenvalue weighted by atomic mass is 35.5. The van der Waals surface area contributed by atoms with E-state index in [-0.39, 0.29) is 0 Å². The van der Waals surface area contributed by atoms with Gasteiger partial charge in [0.15, 0.2) is 11.5 Å². The van der Waals surface area contributed by atoms with E-state index in [0.717, 1.165) is 15.8 Å². The van der Waals surface area contributed by atoms with Crippen molar-refractivity contribution in [1.82, 2.24) is 4.98 Å². The smallest absolute Gasteiger partial charge is 0.161 e. The number of rotatable bonds is 6. The van der Waals surface area contributed by atoms with Gasteiger partial charge in [-0.15, -0.1) is 11.3 Å². The van der Waals surface area contributed by atoms with Crippen LogP contribution < -0.4 is 9.47 Å². The van der Waals surface area contributed by atoms with Gasteiger partial charge in [0.1, 0.15) is 17.7 Å². The Hall–Kier alpha value is -2.81. The van der Waals surface area contributed by atoms with Gasteiger partial charge in [-0.2, -0.15) is 5.26 Å². The van der Waals surface area contributed by atoms with Gasteiger partial charge < -0.3 is 9.47 Å². The molecule has 26 heavy (non-hydrogen) atoms. The third kappa shape index (κ3) is 3.88. The maximum Gasteiger partial charge on any atom is 0.161 e. The lowest BCUT2D eigenvalue weighted by Crippen LogP contribution is -1.96. The molecule has 0 saturated carbocycles. The molecule has 0 N–H and O–H groups in total. The molecule has 1 heterocycles. The molecule has 0 bridgehead atoms. The van der Waals surface area contributed by atoms with Crippen molar-refractivity contribution in [2.45, 2.75) is 0 Å². The molecular formula is C20H15ClN2O2S. The van der Waals surface area contributed by atoms with Gasteiger partial charge >= 0.3 is 0 Å². The Morgan fingerprint density at radius 1 is 1.31 bits per heavy atom. The lowest BCUT2D eigenvalue weighted by Gasteiger charge is -2.09. The van der Waals surface area contributed by atoms with E-state index in [0.29, 0.717) is 33.7 Å². The number of ether oxygens (including phenoxy) is 2. The molecule has 2 aromatic carbocycles. The van der Waals surface area contributed by atoms with E-state index in [1.54, 1.807) is 31.4 Å². The van der Waals surface area contributed by atoms with Crippen LogP contribution in [-0.2, 0) is 0 Å². The minimum absolute atomic E-state index is 0.392. The number of fused-ring (bicyclic) bond motifs is 1. The summed E-state index contributed by atoms with van der Waals surface area (Å²) in [6.45, 7) is 4.02. The minimum atomic E-state index is 0.392. The zero-order chi connectivity index (χ0) is 18.5. The summed E-state index contributed by atoms with van der Waals surface area (Å²) < 4.78 is 11.9. The highest BCUT2D eigenvalue weighted by Crippen LogP contribution is 2.32. The van der Waals surface area contributed by atoms with Crippen LogP contribution in [0.5, 0.6) is 11.5 Å². The van der Waals surface area contributed by atoms with Gasteiger partial charge in [-0.25, -0.2) is 4.98 Å². The molecule has 0 aliphatic rings. The second-order valence-electron chi connectivity index (χ2n) is 5.31. The molecule has 0 fully saturated rings. The van der Waals surface area contributed by atoms with E-state index < -0.39 is 0 Å². The van der Waals surface area contributed by atoms with E-state index in [4.69, 9.17) is 21.1 Å². The van der Waals surface area contributed by atoms with Gasteiger partial charge in [-0.05, 0) is 42.0 Å². The molecule has 130 valence electrons. The lowest BCUT2D eigenvalue weighted by atomic mass is 10.1. The van der Waals surface area contributed by atoms with E-state index in [1.807, 2.05) is 24.3 Å². The van der Waals surface area contributed by atoms with Gasteiger partial charge in [0, 0.05) is 5.02 Å². The summed E-state index contributed by atoms with van der Waals surface area (Å²) in [4.78, 5) is 4.52. The second-order valence-corrected chi connectivity index (χ2v) is 6.78. The lowest BCUT2D eigenvalue weighted by molar-refractivity contribution is 0.326. The summed E-state index contributed by atoms with van der Waals surface area (Å²) in [5, 5.41) is 10.8. The van der Waals surface area contributed by atoms with E-state index in [1.165, 1.54) is 11.3 Å². The first-order valence-corrected chi connectivity index (χ1v) is 8.94. The normalized spacial score (nSPS) is 11.2. The van der Waals surface area contributed by atoms with Crippen molar-refractivity contribution in [3.05, 3.63) is 64.6 Å². The van der Waals surface area contributed by atoms with Crippen LogP contribution in [0, 0.1) is 11.3 Å². The molecule has 0 aliphatic carbocycles. The largest absolute Gasteiger partial charge is 0.493 e. The Morgan fingerprint density at radius 2 is 2.15 bits per heavy atom. The Balaban J connectivity index is 1.97. The Kier molecular flexibility index (Phi) is 5.57. The molecule has 0 aliphatic heterocycles. The van der Waals surface area contributed by atoms with Crippen molar-refractivity contribution >= 4 is 44.8 Å². The average Bonchev–Trinajstić information content (AvgIpc) is 3.07. The first-order valence-electron chi connectivity index (χ1n) is 7.74. The van der Waals surface area contributed by atoms with Crippen LogP contribution >= 0.6 is 22.9 Å². The predicted octanol–water partition coefficient (Wildman–Crippen LogP) is 5.59. The number of aromatic nitrogens is 1. The SMILES string of the molecule is C=CCOc1ccc(/C=C(\C#N)c2nc3cc(Cl)ccc3s2)cc1OC. The van der Waals surface area contributed by atoms with Crippen molar-refractivity contribution in [3.8, 4) is 17.6 Å². The first-order chi connectivity index (χ1) is 12.6. The molecule has 4 nitrogen and oxygen atoms in total. The molecular weight excluding hydrogens is 368 g/mol. The van der Waals surface area contributed by atoms with Crippen LogP contribution in [0.15, 0.2) is 49.1 Å². The van der Waals surface area contributed by atoms with Crippen molar-refractivity contribution in [3.63, 3.8) is 0 Å². The summed E-state index contributed by atoms with van der Waals surface area (Å²) in [6, 6.07) is 13.2. The quantitative estimate of drug-likeness (QED) is 0.412. The maximum absolute atomic E-state index is 9.57. The fourth-order valence-corrected chi connectivity index (χ4v) is 3.44. The van der Waals surface area contributed by atoms with Crippen LogP contribution in [0.25, 0.3) is 21.9 Å². The number of benzene rings is 2. The number of hydrogen-bond acceptors (Lipinski definition) is 5. The number of allylic oxidation sites excluding steroid dienone is 1. The zero-order valence-electron chi connectivity index (χ0n) is 14.0. The van der Waals surface area contributed by atoms with E-state index in [2.05, 4.69) is 17.6 Å². The van der Waals surface area contributed by atoms with E-state index >= 15 is 0 Å². The van der Waals surface area contributed by atoms with Crippen molar-refractivity contribution in [2.24, 2.45) is 0 Å². The van der Waals surface area contributed by atoms with Crippen LogP contribution in [-0.4, -0.2) is 18.7 Å². The van der Waals surface area contributed by atoms with Gasteiger partial charge in [0.2, 0.25) is 0 Å². The molecule has 0 amide bonds. The fourth-order valence-electron chi connectivity index (χ4n) is 2.37. The second kappa shape index (κ2) is 8.05. The number of thiazole rings is 1. The van der Waals surface area contributed by atoms with Crippen LogP contribution in [0.1, 0.15) is 10.6 Å². The van der Waals surface area contributed by atoms with Gasteiger partial charge in [-0.1, -0.05) is 30.3 Å². The van der Waals surface area contributed by atoms with Gasteiger partial charge in [0.05, 0.1) is 22.9 Å². The third-order valence-electron chi connectivity index (χ3n) is 3.56. The highest BCUT2D eigenvalue weighted by Gasteiger charge is 2.11. The minimum Gasteiger partial charge on any atom is -0.493 e. The summed E-state index contributed by atoms with van der Waals surface area (Å²) in [5.41, 5.74) is 2.08. The fraction of sp³-hybridized carbons (Fsp3) is 0.100. The molecule has 0 radical (unpaired) electrons. The molecule has 6 heteroatoms. The molecule has 3 aromatic rings. The van der Waals surface area contributed by atoms with Crippen molar-refractivity contribution in [2.75, 3.05) is 13.7 Å². The van der Waals surface area contributed by atoms with Crippen LogP contribution in [0.3, 0.4) is 0 Å². The molecule has 0 saturated heterocycles. The summed E-state index contributed by atoms with van der Waals surface area (Å²) >= 11 is 7.46. The summed E-state index contributed by atoms with van der Waals surface area (Å²) in [7, 11) is 1.58. The monoisotopic (exact) mass is 382 g/mol. The Bertz CT molecular complexity index is 1030. The first kappa shape index (κ1) is 18.0. The Labute approximate surface area is 160 Å². The summed E-state index contributed by atoms with van der Waals surface area (Å²) in [6.07, 6.45) is 3.44.